The van der Waals surface area contributed by atoms with Gasteiger partial charge in [0.2, 0.25) is 23.0 Å². The maximum atomic E-state index is 13.6. The van der Waals surface area contributed by atoms with Crippen molar-refractivity contribution in [2.75, 3.05) is 90.7 Å². The first kappa shape index (κ1) is 65.0. The monoisotopic (exact) mass is 1240 g/mol. The zero-order valence-corrected chi connectivity index (χ0v) is 51.8. The third kappa shape index (κ3) is 14.2. The van der Waals surface area contributed by atoms with Gasteiger partial charge in [0.1, 0.15) is 29.8 Å². The van der Waals surface area contributed by atoms with Crippen molar-refractivity contribution in [1.82, 2.24) is 0 Å². The summed E-state index contributed by atoms with van der Waals surface area (Å²) < 4.78 is 83.6. The van der Waals surface area contributed by atoms with Gasteiger partial charge in [-0.2, -0.15) is 0 Å². The second-order valence-electron chi connectivity index (χ2n) is 18.6. The summed E-state index contributed by atoms with van der Waals surface area (Å²) in [6.07, 6.45) is -1.25. The lowest BCUT2D eigenvalue weighted by molar-refractivity contribution is 0.00716. The molecule has 21 heteroatoms. The molecule has 0 spiro atoms. The third-order valence-electron chi connectivity index (χ3n) is 14.1. The molecular formula is C65H67Cl3O18. The number of benzene rings is 8. The van der Waals surface area contributed by atoms with E-state index in [9.17, 15) is 14.7 Å². The van der Waals surface area contributed by atoms with Crippen LogP contribution in [-0.2, 0) is 4.74 Å². The van der Waals surface area contributed by atoms with Crippen molar-refractivity contribution in [3.8, 4) is 80.5 Å². The van der Waals surface area contributed by atoms with Gasteiger partial charge in [-0.25, -0.2) is 4.79 Å². The van der Waals surface area contributed by atoms with Crippen LogP contribution in [0.25, 0.3) is 21.5 Å². The summed E-state index contributed by atoms with van der Waals surface area (Å²) in [6.45, 7) is 0. The summed E-state index contributed by atoms with van der Waals surface area (Å²) in [5.74, 6) is 6.31. The van der Waals surface area contributed by atoms with Crippen LogP contribution < -0.4 is 66.3 Å². The molecule has 2 unspecified atom stereocenters. The first-order valence-corrected chi connectivity index (χ1v) is 27.9. The van der Waals surface area contributed by atoms with Crippen LogP contribution in [-0.4, -0.2) is 107 Å². The number of carbonyl (C=O) groups excluding carboxylic acids is 2. The van der Waals surface area contributed by atoms with Crippen LogP contribution in [0.2, 0.25) is 0 Å². The quantitative estimate of drug-likeness (QED) is 0.0513. The number of ether oxygens (including phenoxy) is 15. The van der Waals surface area contributed by atoms with Gasteiger partial charge in [0.15, 0.2) is 46.0 Å². The maximum absolute atomic E-state index is 13.6. The van der Waals surface area contributed by atoms with Gasteiger partial charge in [-0.3, -0.25) is 4.79 Å². The predicted molar refractivity (Wildman–Crippen MR) is 328 cm³/mol. The Kier molecular flexibility index (Phi) is 23.1. The average Bonchev–Trinajstić information content (AvgIpc) is 1.55. The Morgan fingerprint density at radius 3 is 1.13 bits per heavy atom. The molecule has 2 heterocycles. The highest BCUT2D eigenvalue weighted by molar-refractivity contribution is 6.67. The van der Waals surface area contributed by atoms with Crippen molar-refractivity contribution >= 4 is 67.6 Å². The van der Waals surface area contributed by atoms with Crippen molar-refractivity contribution in [3.63, 3.8) is 0 Å². The van der Waals surface area contributed by atoms with Crippen molar-refractivity contribution in [2.24, 2.45) is 0 Å². The molecule has 0 saturated carbocycles. The molecule has 1 N–H and O–H groups in total. The first-order valence-electron chi connectivity index (χ1n) is 26.4. The van der Waals surface area contributed by atoms with Gasteiger partial charge in [-0.15, -0.1) is 23.2 Å². The molecule has 2 aliphatic rings. The van der Waals surface area contributed by atoms with Crippen molar-refractivity contribution in [2.45, 2.75) is 37.3 Å². The van der Waals surface area contributed by atoms with Crippen LogP contribution in [0, 0.1) is 0 Å². The average molecular weight is 1240 g/mol. The number of esters is 1. The highest BCUT2D eigenvalue weighted by Crippen LogP contribution is 2.51. The van der Waals surface area contributed by atoms with E-state index in [1.807, 2.05) is 97.1 Å². The van der Waals surface area contributed by atoms with Crippen LogP contribution in [0.15, 0.2) is 121 Å². The summed E-state index contributed by atoms with van der Waals surface area (Å²) in [5.41, 5.74) is 3.79. The lowest BCUT2D eigenvalue weighted by Crippen LogP contribution is -2.23. The fourth-order valence-electron chi connectivity index (χ4n) is 10.0. The van der Waals surface area contributed by atoms with Gasteiger partial charge in [0, 0.05) is 51.4 Å². The van der Waals surface area contributed by atoms with Crippen molar-refractivity contribution in [3.05, 3.63) is 155 Å². The normalized spacial score (nSPS) is 15.2. The Balaban J connectivity index is 0.000000201. The predicted octanol–water partition coefficient (Wildman–Crippen LogP) is 14.2. The number of aliphatic hydroxyl groups excluding tert-OH is 1. The standard InChI is InChI=1S/C32H32O9.C22H22O5.C10H11ClO4.CH2Cl2/c1-34-25-13-19(14-26(35-2)30(25)38-5)23-17-24(22-12-11-18-9-7-8-10-21(18)29(22)40-23)41-32(33)20-15-27(36-3)31(39-6)28(16-20)37-4;1-24-19-10-14(11-20(25-2)22(19)26-3)18-12-17(23)16-9-8-13-6-4-5-7-15(13)21(16)27-18;1-13-7-4-6(10(11)12)5-8(14-2)9(7)15-3;2-1-3/h7-16,23-24H,17H2,1-6H3;4-11,17-18,23H,12H2,1-3H3;4-5H,1-3H3;1H2/t23-,24?;17?,18-;;/m00../s1. The van der Waals surface area contributed by atoms with E-state index < -0.39 is 29.5 Å². The maximum Gasteiger partial charge on any atom is 0.339 e. The molecule has 0 aromatic heterocycles. The highest BCUT2D eigenvalue weighted by atomic mass is 35.5. The topological polar surface area (TPSA) is 193 Å². The Hall–Kier alpha value is -8.55. The zero-order chi connectivity index (χ0) is 62.2. The first-order chi connectivity index (χ1) is 41.7. The number of halogens is 3. The second-order valence-corrected chi connectivity index (χ2v) is 19.8. The second kappa shape index (κ2) is 30.5. The molecule has 0 amide bonds. The van der Waals surface area contributed by atoms with E-state index in [-0.39, 0.29) is 17.0 Å². The van der Waals surface area contributed by atoms with Gasteiger partial charge in [0.05, 0.1) is 102 Å². The molecule has 0 saturated heterocycles. The van der Waals surface area contributed by atoms with Crippen LogP contribution in [0.5, 0.6) is 80.5 Å². The molecule has 8 aromatic rings. The molecule has 456 valence electrons. The molecule has 0 bridgehead atoms. The fraction of sp³-hybridized carbons (Fsp3) is 0.292. The minimum absolute atomic E-state index is 0.194. The third-order valence-corrected chi connectivity index (χ3v) is 14.3. The number of aliphatic hydroxyl groups is 1. The van der Waals surface area contributed by atoms with E-state index >= 15 is 0 Å². The number of hydrogen-bond acceptors (Lipinski definition) is 18. The fourth-order valence-corrected chi connectivity index (χ4v) is 10.1. The molecule has 0 radical (unpaired) electrons. The molecule has 0 aliphatic carbocycles. The van der Waals surface area contributed by atoms with Crippen LogP contribution in [0.1, 0.15) is 80.2 Å². The van der Waals surface area contributed by atoms with Crippen molar-refractivity contribution in [1.29, 1.82) is 0 Å². The minimum atomic E-state index is -0.626. The summed E-state index contributed by atoms with van der Waals surface area (Å²) in [5, 5.41) is 14.3. The minimum Gasteiger partial charge on any atom is -0.493 e. The van der Waals surface area contributed by atoms with E-state index in [4.69, 9.17) is 106 Å². The smallest absolute Gasteiger partial charge is 0.339 e. The largest absolute Gasteiger partial charge is 0.493 e. The molecule has 2 aliphatic heterocycles. The van der Waals surface area contributed by atoms with Crippen LogP contribution in [0.4, 0.5) is 0 Å². The van der Waals surface area contributed by atoms with Gasteiger partial charge >= 0.3 is 5.97 Å². The number of carbonyl (C=O) groups is 2. The number of alkyl halides is 2. The summed E-state index contributed by atoms with van der Waals surface area (Å²) in [6, 6.07) is 37.4. The Morgan fingerprint density at radius 2 is 0.767 bits per heavy atom. The Morgan fingerprint density at radius 1 is 0.442 bits per heavy atom. The van der Waals surface area contributed by atoms with Crippen LogP contribution in [0.3, 0.4) is 0 Å². The lowest BCUT2D eigenvalue weighted by atomic mass is 9.92. The summed E-state index contributed by atoms with van der Waals surface area (Å²) in [7, 11) is 18.3. The van der Waals surface area contributed by atoms with Gasteiger partial charge in [-0.1, -0.05) is 72.8 Å². The lowest BCUT2D eigenvalue weighted by Gasteiger charge is -2.33. The van der Waals surface area contributed by atoms with E-state index in [0.717, 1.165) is 49.5 Å². The Bertz CT molecular complexity index is 3550. The molecular weight excluding hydrogens is 1180 g/mol. The Labute approximate surface area is 513 Å². The molecule has 0 fully saturated rings. The highest BCUT2D eigenvalue weighted by Gasteiger charge is 2.36. The SMILES string of the molecule is COc1cc(C(=O)Cl)cc(OC)c1OC.COc1cc(C(=O)OC2C[C@@H](c3cc(OC)c(OC)c(OC)c3)Oc3c2ccc2ccccc32)cc(OC)c1OC.COc1cc([C@@H]2CC(O)c3ccc4ccccc4c3O2)cc(OC)c1OC.ClCCl. The molecule has 86 heavy (non-hydrogen) atoms. The summed E-state index contributed by atoms with van der Waals surface area (Å²) in [4.78, 5) is 24.6. The van der Waals surface area contributed by atoms with E-state index in [0.29, 0.717) is 93.1 Å². The van der Waals surface area contributed by atoms with E-state index in [1.165, 1.54) is 54.8 Å². The van der Waals surface area contributed by atoms with E-state index in [2.05, 4.69) is 0 Å². The molecule has 4 atom stereocenters. The van der Waals surface area contributed by atoms with E-state index in [1.54, 1.807) is 54.8 Å². The molecule has 8 aromatic carbocycles. The number of hydrogen-bond donors (Lipinski definition) is 1. The van der Waals surface area contributed by atoms with Crippen molar-refractivity contribution < 1.29 is 85.7 Å². The molecule has 18 nitrogen and oxygen atoms in total. The molecule has 10 rings (SSSR count). The number of fused-ring (bicyclic) bond motifs is 6. The van der Waals surface area contributed by atoms with Crippen LogP contribution >= 0.6 is 34.8 Å². The summed E-state index contributed by atoms with van der Waals surface area (Å²) >= 11 is 14.9. The van der Waals surface area contributed by atoms with Gasteiger partial charge in [-0.05, 0) is 70.9 Å². The zero-order valence-electron chi connectivity index (χ0n) is 49.5. The number of methoxy groups -OCH3 is 12. The number of rotatable bonds is 17. The van der Waals surface area contributed by atoms with Gasteiger partial charge < -0.3 is 76.2 Å². The van der Waals surface area contributed by atoms with Gasteiger partial charge in [0.25, 0.3) is 5.24 Å².